The summed E-state index contributed by atoms with van der Waals surface area (Å²) in [4.78, 5) is 24.0. The minimum Gasteiger partial charge on any atom is -0.457 e. The van der Waals surface area contributed by atoms with E-state index in [0.29, 0.717) is 13.0 Å². The molecule has 90 valence electrons. The minimum absolute atomic E-state index is 0.296. The Hall–Kier alpha value is -1.14. The van der Waals surface area contributed by atoms with Gasteiger partial charge >= 0.3 is 5.97 Å². The number of rotatable bonds is 1. The molecule has 6 heteroatoms. The fourth-order valence-electron chi connectivity index (χ4n) is 2.47. The van der Waals surface area contributed by atoms with Gasteiger partial charge in [-0.2, -0.15) is 0 Å². The number of nitrogens with zero attached hydrogens (tertiary/aromatic N) is 1. The van der Waals surface area contributed by atoms with Gasteiger partial charge < -0.3 is 19.8 Å². The minimum atomic E-state index is -1.49. The van der Waals surface area contributed by atoms with Gasteiger partial charge in [-0.1, -0.05) is 0 Å². The van der Waals surface area contributed by atoms with E-state index < -0.39 is 30.2 Å². The summed E-state index contributed by atoms with van der Waals surface area (Å²) >= 11 is 0. The Morgan fingerprint density at radius 1 is 1.50 bits per heavy atom. The largest absolute Gasteiger partial charge is 0.457 e. The molecule has 2 rings (SSSR count). The first-order chi connectivity index (χ1) is 7.52. The molecule has 0 aromatic rings. The zero-order valence-corrected chi connectivity index (χ0v) is 9.00. The van der Waals surface area contributed by atoms with E-state index in [0.717, 1.165) is 6.42 Å². The van der Waals surface area contributed by atoms with Gasteiger partial charge in [0.25, 0.3) is 5.91 Å². The Bertz CT molecular complexity index is 318. The molecule has 0 saturated carbocycles. The van der Waals surface area contributed by atoms with Gasteiger partial charge in [0.15, 0.2) is 12.2 Å². The van der Waals surface area contributed by atoms with Crippen LogP contribution in [0.5, 0.6) is 0 Å². The lowest BCUT2D eigenvalue weighted by Gasteiger charge is -2.41. The Morgan fingerprint density at radius 3 is 2.81 bits per heavy atom. The summed E-state index contributed by atoms with van der Waals surface area (Å²) in [6, 6.07) is -0.296. The topological polar surface area (TPSA) is 87.1 Å². The zero-order chi connectivity index (χ0) is 11.9. The number of fused-ring (bicyclic) bond motifs is 1. The van der Waals surface area contributed by atoms with Crippen molar-refractivity contribution in [3.63, 3.8) is 0 Å². The van der Waals surface area contributed by atoms with Crippen molar-refractivity contribution in [1.29, 1.82) is 0 Å². The maximum absolute atomic E-state index is 11.6. The smallest absolute Gasteiger partial charge is 0.303 e. The zero-order valence-electron chi connectivity index (χ0n) is 9.00. The highest BCUT2D eigenvalue weighted by Crippen LogP contribution is 2.30. The van der Waals surface area contributed by atoms with Gasteiger partial charge in [-0.3, -0.25) is 9.59 Å². The molecule has 0 radical (unpaired) electrons. The second-order valence-corrected chi connectivity index (χ2v) is 4.25. The summed E-state index contributed by atoms with van der Waals surface area (Å²) in [5.41, 5.74) is 0. The molecule has 4 atom stereocenters. The number of piperidine rings is 1. The third-order valence-corrected chi connectivity index (χ3v) is 3.18. The standard InChI is InChI=1S/C10H15NO5/c1-5(12)16-9-6-3-2-4-11(6)10(15)8(14)7(9)13/h6-9,13-14H,2-4H2,1H3/t6-,7-,8-,9-/m1/s1. The van der Waals surface area contributed by atoms with Gasteiger partial charge in [-0.05, 0) is 12.8 Å². The van der Waals surface area contributed by atoms with Gasteiger partial charge in [0.2, 0.25) is 0 Å². The second-order valence-electron chi connectivity index (χ2n) is 4.25. The van der Waals surface area contributed by atoms with Crippen LogP contribution in [0.3, 0.4) is 0 Å². The van der Waals surface area contributed by atoms with Crippen molar-refractivity contribution in [2.75, 3.05) is 6.54 Å². The van der Waals surface area contributed by atoms with Crippen LogP contribution in [-0.4, -0.2) is 57.9 Å². The maximum atomic E-state index is 11.6. The number of hydrogen-bond acceptors (Lipinski definition) is 5. The quantitative estimate of drug-likeness (QED) is 0.542. The summed E-state index contributed by atoms with van der Waals surface area (Å²) in [6.45, 7) is 1.79. The fourth-order valence-corrected chi connectivity index (χ4v) is 2.47. The predicted octanol–water partition coefficient (Wildman–Crippen LogP) is -1.36. The van der Waals surface area contributed by atoms with Crippen LogP contribution in [0, 0.1) is 0 Å². The van der Waals surface area contributed by atoms with Crippen LogP contribution in [-0.2, 0) is 14.3 Å². The first-order valence-electron chi connectivity index (χ1n) is 5.36. The molecule has 0 bridgehead atoms. The SMILES string of the molecule is CC(=O)O[C@H]1[C@H](O)[C@@H](O)C(=O)N2CCC[C@H]12. The van der Waals surface area contributed by atoms with Gasteiger partial charge in [0.05, 0.1) is 6.04 Å². The summed E-state index contributed by atoms with van der Waals surface area (Å²) in [5, 5.41) is 19.3. The van der Waals surface area contributed by atoms with E-state index in [1.165, 1.54) is 11.8 Å². The number of esters is 1. The van der Waals surface area contributed by atoms with Crippen LogP contribution >= 0.6 is 0 Å². The van der Waals surface area contributed by atoms with Crippen molar-refractivity contribution in [3.05, 3.63) is 0 Å². The summed E-state index contributed by atoms with van der Waals surface area (Å²) < 4.78 is 4.99. The Morgan fingerprint density at radius 2 is 2.19 bits per heavy atom. The van der Waals surface area contributed by atoms with Crippen LogP contribution in [0.2, 0.25) is 0 Å². The molecular formula is C10H15NO5. The predicted molar refractivity (Wildman–Crippen MR) is 52.3 cm³/mol. The number of aliphatic hydroxyl groups excluding tert-OH is 2. The number of carbonyl (C=O) groups excluding carboxylic acids is 2. The molecule has 0 spiro atoms. The van der Waals surface area contributed by atoms with Crippen molar-refractivity contribution < 1.29 is 24.5 Å². The van der Waals surface area contributed by atoms with E-state index in [1.807, 2.05) is 0 Å². The molecule has 16 heavy (non-hydrogen) atoms. The monoisotopic (exact) mass is 229 g/mol. The van der Waals surface area contributed by atoms with E-state index in [2.05, 4.69) is 0 Å². The molecule has 6 nitrogen and oxygen atoms in total. The van der Waals surface area contributed by atoms with Crippen LogP contribution in [0.1, 0.15) is 19.8 Å². The van der Waals surface area contributed by atoms with Crippen molar-refractivity contribution in [3.8, 4) is 0 Å². The van der Waals surface area contributed by atoms with Gasteiger partial charge in [0, 0.05) is 13.5 Å². The number of ether oxygens (including phenoxy) is 1. The van der Waals surface area contributed by atoms with Crippen LogP contribution in [0.15, 0.2) is 0 Å². The fraction of sp³-hybridized carbons (Fsp3) is 0.800. The number of carbonyl (C=O) groups is 2. The molecule has 2 heterocycles. The summed E-state index contributed by atoms with van der Waals surface area (Å²) in [6.07, 6.45) is -2.14. The first kappa shape index (κ1) is 11.3. The van der Waals surface area contributed by atoms with Crippen LogP contribution < -0.4 is 0 Å². The molecule has 0 aromatic carbocycles. The van der Waals surface area contributed by atoms with Crippen molar-refractivity contribution in [1.82, 2.24) is 4.90 Å². The molecule has 0 unspecified atom stereocenters. The van der Waals surface area contributed by atoms with Crippen LogP contribution in [0.25, 0.3) is 0 Å². The molecule has 0 aromatic heterocycles. The highest BCUT2D eigenvalue weighted by Gasteiger charge is 2.50. The molecular weight excluding hydrogens is 214 g/mol. The third-order valence-electron chi connectivity index (χ3n) is 3.18. The first-order valence-corrected chi connectivity index (χ1v) is 5.36. The van der Waals surface area contributed by atoms with Crippen molar-refractivity contribution in [2.45, 2.75) is 44.1 Å². The Balaban J connectivity index is 2.21. The molecule has 1 amide bonds. The van der Waals surface area contributed by atoms with E-state index in [1.54, 1.807) is 0 Å². The average Bonchev–Trinajstić information content (AvgIpc) is 2.69. The van der Waals surface area contributed by atoms with Crippen LogP contribution in [0.4, 0.5) is 0 Å². The molecule has 2 N–H and O–H groups in total. The molecule has 2 aliphatic rings. The lowest BCUT2D eigenvalue weighted by molar-refractivity contribution is -0.186. The summed E-state index contributed by atoms with van der Waals surface area (Å²) in [5.74, 6) is -0.990. The average molecular weight is 229 g/mol. The molecule has 0 aliphatic carbocycles. The maximum Gasteiger partial charge on any atom is 0.303 e. The Kier molecular flexibility index (Phi) is 2.86. The molecule has 2 aliphatic heterocycles. The lowest BCUT2D eigenvalue weighted by Crippen LogP contribution is -2.63. The normalized spacial score (nSPS) is 38.4. The van der Waals surface area contributed by atoms with Crippen molar-refractivity contribution in [2.24, 2.45) is 0 Å². The van der Waals surface area contributed by atoms with E-state index in [-0.39, 0.29) is 6.04 Å². The van der Waals surface area contributed by atoms with E-state index in [4.69, 9.17) is 4.74 Å². The number of aliphatic hydroxyl groups is 2. The van der Waals surface area contributed by atoms with Gasteiger partial charge in [-0.25, -0.2) is 0 Å². The van der Waals surface area contributed by atoms with Gasteiger partial charge in [0.1, 0.15) is 6.10 Å². The second kappa shape index (κ2) is 4.03. The van der Waals surface area contributed by atoms with E-state index in [9.17, 15) is 19.8 Å². The highest BCUT2D eigenvalue weighted by molar-refractivity contribution is 5.83. The molecule has 2 fully saturated rings. The Labute approximate surface area is 92.8 Å². The summed E-state index contributed by atoms with van der Waals surface area (Å²) in [7, 11) is 0. The van der Waals surface area contributed by atoms with Gasteiger partial charge in [-0.15, -0.1) is 0 Å². The lowest BCUT2D eigenvalue weighted by atomic mass is 9.93. The highest BCUT2D eigenvalue weighted by atomic mass is 16.6. The third kappa shape index (κ3) is 1.68. The number of hydrogen-bond donors (Lipinski definition) is 2. The van der Waals surface area contributed by atoms with E-state index >= 15 is 0 Å². The van der Waals surface area contributed by atoms with Crippen molar-refractivity contribution >= 4 is 11.9 Å². The molecule has 2 saturated heterocycles. The number of amides is 1.